The lowest BCUT2D eigenvalue weighted by Gasteiger charge is -2.72. The highest BCUT2D eigenvalue weighted by Crippen LogP contribution is 2.76. The number of ether oxygens (including phenoxy) is 1. The molecule has 0 bridgehead atoms. The van der Waals surface area contributed by atoms with Gasteiger partial charge in [0.15, 0.2) is 0 Å². The van der Waals surface area contributed by atoms with Crippen molar-refractivity contribution in [3.63, 3.8) is 0 Å². The molecule has 0 aromatic carbocycles. The van der Waals surface area contributed by atoms with E-state index in [4.69, 9.17) is 4.74 Å². The third-order valence-corrected chi connectivity index (χ3v) is 13.3. The molecule has 2 unspecified atom stereocenters. The van der Waals surface area contributed by atoms with Gasteiger partial charge in [0, 0.05) is 17.8 Å². The van der Waals surface area contributed by atoms with Crippen LogP contribution < -0.4 is 0 Å². The Morgan fingerprint density at radius 1 is 0.973 bits per heavy atom. The van der Waals surface area contributed by atoms with Crippen LogP contribution in [-0.2, 0) is 14.3 Å². The average Bonchev–Trinajstić information content (AvgIpc) is 2.82. The summed E-state index contributed by atoms with van der Waals surface area (Å²) in [7, 11) is 1.50. The summed E-state index contributed by atoms with van der Waals surface area (Å²) in [6.07, 6.45) is 7.37. The van der Waals surface area contributed by atoms with E-state index in [0.29, 0.717) is 24.2 Å². The minimum absolute atomic E-state index is 0.0136. The molecule has 5 nitrogen and oxygen atoms in total. The minimum Gasteiger partial charge on any atom is -0.511 e. The first-order valence-electron chi connectivity index (χ1n) is 14.5. The number of rotatable bonds is 1. The number of allylic oxidation sites excluding steroid dienone is 2. The maximum Gasteiger partial charge on any atom is 0.312 e. The fourth-order valence-corrected chi connectivity index (χ4v) is 11.2. The Kier molecular flexibility index (Phi) is 5.68. The number of esters is 1. The number of Topliss-reactive ketones (excluding diaryl/α,β-unsaturated/α-hetero) is 1. The smallest absolute Gasteiger partial charge is 0.312 e. The summed E-state index contributed by atoms with van der Waals surface area (Å²) < 4.78 is 5.43. The molecule has 4 fully saturated rings. The lowest BCUT2D eigenvalue weighted by atomic mass is 9.31. The van der Waals surface area contributed by atoms with E-state index < -0.39 is 10.8 Å². The zero-order valence-electron chi connectivity index (χ0n) is 24.3. The van der Waals surface area contributed by atoms with Gasteiger partial charge in [-0.2, -0.15) is 5.26 Å². The van der Waals surface area contributed by atoms with E-state index in [2.05, 4.69) is 54.5 Å². The van der Waals surface area contributed by atoms with Crippen LogP contribution in [0.25, 0.3) is 0 Å². The summed E-state index contributed by atoms with van der Waals surface area (Å²) in [5.74, 6) is 0.686. The molecule has 0 aromatic heterocycles. The van der Waals surface area contributed by atoms with Gasteiger partial charge in [0.25, 0.3) is 0 Å². The predicted molar refractivity (Wildman–Crippen MR) is 142 cm³/mol. The normalized spacial score (nSPS) is 48.0. The molecule has 5 rings (SSSR count). The van der Waals surface area contributed by atoms with E-state index in [1.54, 1.807) is 0 Å². The van der Waals surface area contributed by atoms with Crippen molar-refractivity contribution in [1.82, 2.24) is 0 Å². The third-order valence-electron chi connectivity index (χ3n) is 13.3. The van der Waals surface area contributed by atoms with E-state index in [-0.39, 0.29) is 57.1 Å². The molecular formula is C32H47NO4. The van der Waals surface area contributed by atoms with E-state index in [9.17, 15) is 20.0 Å². The van der Waals surface area contributed by atoms with Crippen LogP contribution in [0.5, 0.6) is 0 Å². The van der Waals surface area contributed by atoms with Crippen LogP contribution in [0, 0.1) is 67.5 Å². The highest BCUT2D eigenvalue weighted by Gasteiger charge is 2.73. The number of carbonyl (C=O) groups excluding carboxylic acids is 2. The molecule has 0 amide bonds. The van der Waals surface area contributed by atoms with Gasteiger partial charge in [-0.05, 0) is 90.8 Å². The number of fused-ring (bicyclic) bond motifs is 7. The van der Waals surface area contributed by atoms with Gasteiger partial charge in [0.1, 0.15) is 11.5 Å². The number of hydrogen-bond acceptors (Lipinski definition) is 5. The first-order valence-corrected chi connectivity index (χ1v) is 14.5. The maximum atomic E-state index is 14.5. The summed E-state index contributed by atoms with van der Waals surface area (Å²) in [4.78, 5) is 27.9. The molecule has 4 saturated carbocycles. The van der Waals surface area contributed by atoms with Crippen molar-refractivity contribution < 1.29 is 19.4 Å². The number of nitrogens with zero attached hydrogens (tertiary/aromatic N) is 1. The summed E-state index contributed by atoms with van der Waals surface area (Å²) in [6, 6.07) is 2.32. The SMILES string of the molecule is COC(=O)[C@]12CCC(C)(C)CC1C1C(=O)C[C@@H]3[C@@]4(C)CC(C#N)=C(O)C(C)(C)[C@@H]4CC[C@@]3(C)[C@]1(C)CC2. The van der Waals surface area contributed by atoms with Crippen molar-refractivity contribution in [3.8, 4) is 6.07 Å². The molecule has 5 heteroatoms. The minimum atomic E-state index is -0.552. The second-order valence-corrected chi connectivity index (χ2v) is 15.6. The van der Waals surface area contributed by atoms with Gasteiger partial charge >= 0.3 is 5.97 Å². The van der Waals surface area contributed by atoms with E-state index in [0.717, 1.165) is 44.9 Å². The summed E-state index contributed by atoms with van der Waals surface area (Å²) in [6.45, 7) is 15.8. The highest BCUT2D eigenvalue weighted by molar-refractivity contribution is 5.86. The number of hydrogen-bond donors (Lipinski definition) is 1. The molecule has 1 N–H and O–H groups in total. The second kappa shape index (κ2) is 7.86. The monoisotopic (exact) mass is 509 g/mol. The van der Waals surface area contributed by atoms with Crippen LogP contribution in [0.3, 0.4) is 0 Å². The maximum absolute atomic E-state index is 14.5. The Bertz CT molecular complexity index is 1110. The lowest BCUT2D eigenvalue weighted by molar-refractivity contribution is -0.233. The van der Waals surface area contributed by atoms with Crippen LogP contribution >= 0.6 is 0 Å². The molecule has 0 heterocycles. The van der Waals surface area contributed by atoms with Crippen molar-refractivity contribution in [1.29, 1.82) is 5.26 Å². The number of aliphatic hydroxyl groups excluding tert-OH is 1. The number of aliphatic hydroxyl groups is 1. The molecule has 5 aliphatic carbocycles. The Morgan fingerprint density at radius 3 is 2.24 bits per heavy atom. The molecule has 37 heavy (non-hydrogen) atoms. The van der Waals surface area contributed by atoms with Gasteiger partial charge in [0.2, 0.25) is 0 Å². The Hall–Kier alpha value is -1.83. The second-order valence-electron chi connectivity index (χ2n) is 15.6. The van der Waals surface area contributed by atoms with Gasteiger partial charge in [-0.15, -0.1) is 0 Å². The number of carbonyl (C=O) groups is 2. The van der Waals surface area contributed by atoms with Crippen LogP contribution in [0.15, 0.2) is 11.3 Å². The Labute approximate surface area is 223 Å². The molecule has 0 spiro atoms. The molecule has 5 aliphatic rings. The number of nitriles is 1. The molecule has 204 valence electrons. The lowest BCUT2D eigenvalue weighted by Crippen LogP contribution is -2.69. The van der Waals surface area contributed by atoms with E-state index in [1.165, 1.54) is 7.11 Å². The van der Waals surface area contributed by atoms with Crippen molar-refractivity contribution in [2.45, 2.75) is 106 Å². The Balaban J connectivity index is 1.62. The van der Waals surface area contributed by atoms with Crippen LogP contribution in [0.4, 0.5) is 0 Å². The number of methoxy groups -OCH3 is 1. The van der Waals surface area contributed by atoms with Gasteiger partial charge in [-0.3, -0.25) is 9.59 Å². The van der Waals surface area contributed by atoms with E-state index in [1.807, 2.05) is 0 Å². The van der Waals surface area contributed by atoms with Gasteiger partial charge in [-0.25, -0.2) is 0 Å². The van der Waals surface area contributed by atoms with Crippen molar-refractivity contribution in [2.24, 2.45) is 56.2 Å². The molecule has 0 radical (unpaired) electrons. The summed E-state index contributed by atoms with van der Waals surface area (Å²) >= 11 is 0. The van der Waals surface area contributed by atoms with Gasteiger partial charge < -0.3 is 9.84 Å². The zero-order chi connectivity index (χ0) is 27.4. The molecule has 0 aliphatic heterocycles. The largest absolute Gasteiger partial charge is 0.511 e. The third kappa shape index (κ3) is 3.20. The van der Waals surface area contributed by atoms with Crippen molar-refractivity contribution >= 4 is 11.8 Å². The number of ketones is 1. The molecule has 0 saturated heterocycles. The summed E-state index contributed by atoms with van der Waals surface area (Å²) in [5.41, 5.74) is -0.972. The van der Waals surface area contributed by atoms with Crippen LogP contribution in [0.1, 0.15) is 106 Å². The molecule has 8 atom stereocenters. The first kappa shape index (κ1) is 26.8. The standard InChI is InChI=1S/C32H47NO4/c1-27(2)11-13-32(26(36)37-8)14-12-31(7)24(20(32)17-27)21(34)15-23-29(5)16-19(18-33)25(35)28(3,4)22(29)9-10-30(23,31)6/h20,22-24,35H,9-17H2,1-8H3/t20?,22-,23+,24?,29-,30+,31+,32-/m0/s1. The fraction of sp³-hybridized carbons (Fsp3) is 0.844. The Morgan fingerprint density at radius 2 is 1.62 bits per heavy atom. The first-order chi connectivity index (χ1) is 17.0. The van der Waals surface area contributed by atoms with Crippen molar-refractivity contribution in [2.75, 3.05) is 7.11 Å². The quantitative estimate of drug-likeness (QED) is 0.379. The zero-order valence-corrected chi connectivity index (χ0v) is 24.3. The highest BCUT2D eigenvalue weighted by atomic mass is 16.5. The molecule has 0 aromatic rings. The van der Waals surface area contributed by atoms with Crippen molar-refractivity contribution in [3.05, 3.63) is 11.3 Å². The van der Waals surface area contributed by atoms with Crippen LogP contribution in [0.2, 0.25) is 0 Å². The fourth-order valence-electron chi connectivity index (χ4n) is 11.2. The van der Waals surface area contributed by atoms with Gasteiger partial charge in [-0.1, -0.05) is 48.5 Å². The van der Waals surface area contributed by atoms with E-state index >= 15 is 0 Å². The topological polar surface area (TPSA) is 87.4 Å². The van der Waals surface area contributed by atoms with Gasteiger partial charge in [0.05, 0.1) is 24.2 Å². The average molecular weight is 510 g/mol. The summed E-state index contributed by atoms with van der Waals surface area (Å²) in [5, 5.41) is 21.0. The predicted octanol–water partition coefficient (Wildman–Crippen LogP) is 7.17. The molecular weight excluding hydrogens is 462 g/mol. The van der Waals surface area contributed by atoms with Crippen LogP contribution in [-0.4, -0.2) is 24.0 Å².